The molecule has 1 saturated heterocycles. The molecule has 8 nitrogen and oxygen atoms in total. The smallest absolute Gasteiger partial charge is 0.204 e. The third kappa shape index (κ3) is 4.85. The zero-order valence-corrected chi connectivity index (χ0v) is 19.2. The van der Waals surface area contributed by atoms with Gasteiger partial charge in [0.05, 0.1) is 0 Å². The maximum Gasteiger partial charge on any atom is 0.204 e. The van der Waals surface area contributed by atoms with E-state index in [0.717, 1.165) is 65.4 Å². The second-order valence-corrected chi connectivity index (χ2v) is 8.21. The number of carbonyl (C=O) groups excluding carboxylic acids is 1. The number of H-pyrrole nitrogens is 1. The topological polar surface area (TPSA) is 104 Å². The summed E-state index contributed by atoms with van der Waals surface area (Å²) in [6, 6.07) is 11.0. The lowest BCUT2D eigenvalue weighted by molar-refractivity contribution is -0.106. The molecule has 0 radical (unpaired) electrons. The normalized spacial score (nSPS) is 14.1. The Labute approximate surface area is 193 Å². The number of primary amides is 1. The molecule has 0 unspecified atom stereocenters. The molecule has 0 saturated carbocycles. The van der Waals surface area contributed by atoms with Gasteiger partial charge in [0.2, 0.25) is 6.41 Å². The van der Waals surface area contributed by atoms with Crippen molar-refractivity contribution in [3.63, 3.8) is 0 Å². The molecular formula is C25H29N7O. The molecule has 1 aliphatic rings. The van der Waals surface area contributed by atoms with Gasteiger partial charge in [0, 0.05) is 78.2 Å². The first-order chi connectivity index (χ1) is 16.0. The first-order valence-electron chi connectivity index (χ1n) is 11.0. The molecule has 8 heteroatoms. The Kier molecular flexibility index (Phi) is 6.65. The molecule has 1 aliphatic heterocycles. The summed E-state index contributed by atoms with van der Waals surface area (Å²) < 4.78 is 0. The Hall–Kier alpha value is -3.78. The summed E-state index contributed by atoms with van der Waals surface area (Å²) >= 11 is 0. The van der Waals surface area contributed by atoms with Crippen LogP contribution in [0.1, 0.15) is 11.5 Å². The third-order valence-electron chi connectivity index (χ3n) is 5.99. The number of carbonyl (C=O) groups is 1. The number of nitrogens with zero attached hydrogens (tertiary/aromatic N) is 5. The number of rotatable bonds is 3. The standard InChI is InChI=1S/C24H26N6.CH3NO/c1-16-22(14-25-17(2)28-16)23-15-27-24-21(23)12-19(13-26-24)18-4-6-20(7-5-18)30-10-8-29(3)9-11-30;2-1-3/h4-7,12-15H,8-11H2,1-3H3,(H,26,27);1H,(H2,2,3). The van der Waals surface area contributed by atoms with Crippen LogP contribution < -0.4 is 10.6 Å². The minimum atomic E-state index is 0.250. The Morgan fingerprint density at radius 3 is 2.33 bits per heavy atom. The lowest BCUT2D eigenvalue weighted by Gasteiger charge is -2.34. The van der Waals surface area contributed by atoms with Crippen LogP contribution in [0.5, 0.6) is 0 Å². The monoisotopic (exact) mass is 443 g/mol. The van der Waals surface area contributed by atoms with Crippen LogP contribution in [0.15, 0.2) is 48.9 Å². The van der Waals surface area contributed by atoms with E-state index in [-0.39, 0.29) is 6.41 Å². The van der Waals surface area contributed by atoms with Gasteiger partial charge in [-0.2, -0.15) is 0 Å². The summed E-state index contributed by atoms with van der Waals surface area (Å²) in [7, 11) is 2.18. The van der Waals surface area contributed by atoms with E-state index in [0.29, 0.717) is 0 Å². The van der Waals surface area contributed by atoms with Crippen molar-refractivity contribution >= 4 is 23.1 Å². The second-order valence-electron chi connectivity index (χ2n) is 8.21. The molecule has 0 spiro atoms. The molecular weight excluding hydrogens is 414 g/mol. The van der Waals surface area contributed by atoms with Gasteiger partial charge in [-0.3, -0.25) is 4.79 Å². The maximum atomic E-state index is 8.58. The highest BCUT2D eigenvalue weighted by Gasteiger charge is 2.15. The molecule has 3 N–H and O–H groups in total. The highest BCUT2D eigenvalue weighted by molar-refractivity contribution is 5.96. The van der Waals surface area contributed by atoms with Crippen LogP contribution in [0, 0.1) is 13.8 Å². The number of aryl methyl sites for hydroxylation is 2. The first kappa shape index (κ1) is 22.4. The first-order valence-corrected chi connectivity index (χ1v) is 11.0. The maximum absolute atomic E-state index is 8.58. The second kappa shape index (κ2) is 9.79. The van der Waals surface area contributed by atoms with Crippen LogP contribution in [0.4, 0.5) is 5.69 Å². The van der Waals surface area contributed by atoms with Crippen molar-refractivity contribution in [2.45, 2.75) is 13.8 Å². The van der Waals surface area contributed by atoms with Gasteiger partial charge < -0.3 is 20.5 Å². The number of fused-ring (bicyclic) bond motifs is 1. The van der Waals surface area contributed by atoms with Crippen molar-refractivity contribution < 1.29 is 4.79 Å². The largest absolute Gasteiger partial charge is 0.372 e. The minimum Gasteiger partial charge on any atom is -0.372 e. The number of hydrogen-bond donors (Lipinski definition) is 2. The van der Waals surface area contributed by atoms with Crippen molar-refractivity contribution in [2.75, 3.05) is 38.1 Å². The molecule has 33 heavy (non-hydrogen) atoms. The fraction of sp³-hybridized carbons (Fsp3) is 0.280. The molecule has 5 rings (SSSR count). The van der Waals surface area contributed by atoms with Crippen molar-refractivity contribution in [3.8, 4) is 22.3 Å². The van der Waals surface area contributed by atoms with E-state index in [9.17, 15) is 0 Å². The number of nitrogens with two attached hydrogens (primary N) is 1. The number of anilines is 1. The Morgan fingerprint density at radius 2 is 1.67 bits per heavy atom. The number of nitrogens with one attached hydrogen (secondary N) is 1. The van der Waals surface area contributed by atoms with Gasteiger partial charge in [-0.15, -0.1) is 0 Å². The number of aromatic amines is 1. The van der Waals surface area contributed by atoms with Gasteiger partial charge in [-0.05, 0) is 44.7 Å². The van der Waals surface area contributed by atoms with Gasteiger partial charge in [-0.1, -0.05) is 12.1 Å². The molecule has 1 aromatic carbocycles. The van der Waals surface area contributed by atoms with E-state index in [1.165, 1.54) is 11.3 Å². The number of benzene rings is 1. The number of aromatic nitrogens is 4. The van der Waals surface area contributed by atoms with Crippen LogP contribution in [0.3, 0.4) is 0 Å². The number of hydrogen-bond acceptors (Lipinski definition) is 6. The summed E-state index contributed by atoms with van der Waals surface area (Å²) in [5.41, 5.74) is 11.7. The van der Waals surface area contributed by atoms with Crippen molar-refractivity contribution in [2.24, 2.45) is 5.73 Å². The van der Waals surface area contributed by atoms with E-state index in [2.05, 4.69) is 72.8 Å². The van der Waals surface area contributed by atoms with Crippen molar-refractivity contribution in [1.82, 2.24) is 24.8 Å². The predicted molar refractivity (Wildman–Crippen MR) is 132 cm³/mol. The molecule has 0 atom stereocenters. The van der Waals surface area contributed by atoms with Crippen LogP contribution in [-0.2, 0) is 4.79 Å². The minimum absolute atomic E-state index is 0.250. The highest BCUT2D eigenvalue weighted by atomic mass is 16.1. The average molecular weight is 444 g/mol. The van der Waals surface area contributed by atoms with Crippen molar-refractivity contribution in [1.29, 1.82) is 0 Å². The number of piperazine rings is 1. The number of amides is 1. The fourth-order valence-corrected chi connectivity index (χ4v) is 4.16. The lowest BCUT2D eigenvalue weighted by atomic mass is 10.0. The van der Waals surface area contributed by atoms with Crippen LogP contribution >= 0.6 is 0 Å². The molecule has 0 bridgehead atoms. The van der Waals surface area contributed by atoms with Gasteiger partial charge in [0.1, 0.15) is 11.5 Å². The molecule has 4 aromatic rings. The average Bonchev–Trinajstić information content (AvgIpc) is 3.23. The number of pyridine rings is 1. The molecule has 3 aromatic heterocycles. The van der Waals surface area contributed by atoms with Gasteiger partial charge in [0.15, 0.2) is 0 Å². The SMILES string of the molecule is Cc1ncc(-c2c[nH]c3ncc(-c4ccc(N5CCN(C)CC5)cc4)cc23)c(C)n1.NC=O. The summed E-state index contributed by atoms with van der Waals surface area (Å²) in [4.78, 5) is 30.3. The van der Waals surface area contributed by atoms with E-state index >= 15 is 0 Å². The lowest BCUT2D eigenvalue weighted by Crippen LogP contribution is -2.44. The van der Waals surface area contributed by atoms with E-state index in [4.69, 9.17) is 4.79 Å². The zero-order valence-electron chi connectivity index (χ0n) is 19.2. The fourth-order valence-electron chi connectivity index (χ4n) is 4.16. The summed E-state index contributed by atoms with van der Waals surface area (Å²) in [5, 5.41) is 1.09. The molecule has 0 aliphatic carbocycles. The Bertz CT molecular complexity index is 1240. The Balaban J connectivity index is 0.000000821. The summed E-state index contributed by atoms with van der Waals surface area (Å²) in [6.45, 7) is 8.32. The molecule has 1 fully saturated rings. The summed E-state index contributed by atoms with van der Waals surface area (Å²) in [6.07, 6.45) is 6.09. The molecule has 4 heterocycles. The predicted octanol–water partition coefficient (Wildman–Crippen LogP) is 3.16. The molecule has 170 valence electrons. The zero-order chi connectivity index (χ0) is 23.4. The van der Waals surface area contributed by atoms with E-state index in [1.54, 1.807) is 0 Å². The third-order valence-corrected chi connectivity index (χ3v) is 5.99. The quantitative estimate of drug-likeness (QED) is 0.472. The molecule has 1 amide bonds. The van der Waals surface area contributed by atoms with Crippen LogP contribution in [0.2, 0.25) is 0 Å². The number of likely N-dealkylation sites (N-methyl/N-ethyl adjacent to an activating group) is 1. The van der Waals surface area contributed by atoms with Gasteiger partial charge in [0.25, 0.3) is 0 Å². The van der Waals surface area contributed by atoms with Gasteiger partial charge >= 0.3 is 0 Å². The van der Waals surface area contributed by atoms with E-state index in [1.807, 2.05) is 32.4 Å². The van der Waals surface area contributed by atoms with Crippen LogP contribution in [-0.4, -0.2) is 64.5 Å². The highest BCUT2D eigenvalue weighted by Crippen LogP contribution is 2.32. The Morgan fingerprint density at radius 1 is 0.970 bits per heavy atom. The van der Waals surface area contributed by atoms with Crippen molar-refractivity contribution in [3.05, 3.63) is 60.4 Å². The summed E-state index contributed by atoms with van der Waals surface area (Å²) in [5.74, 6) is 0.787. The van der Waals surface area contributed by atoms with Gasteiger partial charge in [-0.25, -0.2) is 15.0 Å². The van der Waals surface area contributed by atoms with Crippen LogP contribution in [0.25, 0.3) is 33.3 Å². The van der Waals surface area contributed by atoms with E-state index < -0.39 is 0 Å².